The second-order valence-electron chi connectivity index (χ2n) is 3.48. The van der Waals surface area contributed by atoms with Gasteiger partial charge < -0.3 is 19.9 Å². The van der Waals surface area contributed by atoms with Crippen molar-refractivity contribution in [2.75, 3.05) is 27.0 Å². The summed E-state index contributed by atoms with van der Waals surface area (Å²) in [6, 6.07) is 8.35. The molecule has 0 aliphatic heterocycles. The van der Waals surface area contributed by atoms with E-state index < -0.39 is 12.8 Å². The number of rotatable bonds is 7. The molecular formula is C11H15N3O5. The summed E-state index contributed by atoms with van der Waals surface area (Å²) in [6.07, 6.45) is 0. The van der Waals surface area contributed by atoms with E-state index in [-0.39, 0.29) is 18.1 Å². The minimum Gasteiger partial charge on any atom is -0.569 e. The van der Waals surface area contributed by atoms with E-state index >= 15 is 0 Å². The standard InChI is InChI=1S/C11H15N3O5/c1-13(7-8-15)14(17)12-19-9-18-11(16)10-5-3-2-4-6-10/h2-6,15H,7-9H2,1H3/b14-12+. The number of aliphatic hydroxyl groups is 1. The molecule has 19 heavy (non-hydrogen) atoms. The highest BCUT2D eigenvalue weighted by atomic mass is 16.8. The van der Waals surface area contributed by atoms with Crippen molar-refractivity contribution in [1.82, 2.24) is 5.01 Å². The molecule has 104 valence electrons. The highest BCUT2D eigenvalue weighted by molar-refractivity contribution is 5.89. The molecule has 1 N–H and O–H groups in total. The van der Waals surface area contributed by atoms with Crippen molar-refractivity contribution in [2.45, 2.75) is 0 Å². The molecule has 0 fully saturated rings. The van der Waals surface area contributed by atoms with Gasteiger partial charge in [-0.2, -0.15) is 0 Å². The number of nitrogens with zero attached hydrogens (tertiary/aromatic N) is 3. The van der Waals surface area contributed by atoms with Crippen molar-refractivity contribution < 1.29 is 24.4 Å². The molecule has 0 amide bonds. The first-order chi connectivity index (χ1) is 9.15. The average molecular weight is 269 g/mol. The van der Waals surface area contributed by atoms with Crippen molar-refractivity contribution >= 4 is 5.97 Å². The maximum atomic E-state index is 11.4. The van der Waals surface area contributed by atoms with Crippen LogP contribution < -0.4 is 0 Å². The van der Waals surface area contributed by atoms with Crippen LogP contribution in [0.2, 0.25) is 0 Å². The van der Waals surface area contributed by atoms with Crippen LogP contribution in [0.25, 0.3) is 0 Å². The van der Waals surface area contributed by atoms with Gasteiger partial charge in [0.1, 0.15) is 0 Å². The number of carbonyl (C=O) groups excluding carboxylic acids is 1. The van der Waals surface area contributed by atoms with Crippen molar-refractivity contribution in [2.24, 2.45) is 5.28 Å². The van der Waals surface area contributed by atoms with Gasteiger partial charge in [-0.05, 0) is 12.1 Å². The Morgan fingerprint density at radius 2 is 2.16 bits per heavy atom. The monoisotopic (exact) mass is 269 g/mol. The Morgan fingerprint density at radius 3 is 2.79 bits per heavy atom. The van der Waals surface area contributed by atoms with Crippen LogP contribution in [-0.4, -0.2) is 48.0 Å². The van der Waals surface area contributed by atoms with Crippen molar-refractivity contribution in [3.63, 3.8) is 0 Å². The molecule has 0 spiro atoms. The number of hydrazine groups is 1. The van der Waals surface area contributed by atoms with E-state index in [9.17, 15) is 10.0 Å². The second kappa shape index (κ2) is 7.88. The zero-order valence-corrected chi connectivity index (χ0v) is 10.4. The lowest BCUT2D eigenvalue weighted by Crippen LogP contribution is -2.29. The van der Waals surface area contributed by atoms with E-state index in [1.54, 1.807) is 30.3 Å². The number of ether oxygens (including phenoxy) is 1. The van der Waals surface area contributed by atoms with Crippen LogP contribution in [0.1, 0.15) is 10.4 Å². The molecule has 1 rings (SSSR count). The molecule has 0 aromatic heterocycles. The lowest BCUT2D eigenvalue weighted by atomic mass is 10.2. The summed E-state index contributed by atoms with van der Waals surface area (Å²) >= 11 is 0. The summed E-state index contributed by atoms with van der Waals surface area (Å²) in [4.78, 5) is 16.1. The predicted octanol–water partition coefficient (Wildman–Crippen LogP) is 0.534. The summed E-state index contributed by atoms with van der Waals surface area (Å²) in [7, 11) is 1.42. The summed E-state index contributed by atoms with van der Waals surface area (Å²) in [6.45, 7) is -0.548. The van der Waals surface area contributed by atoms with E-state index in [4.69, 9.17) is 9.84 Å². The highest BCUT2D eigenvalue weighted by Crippen LogP contribution is 2.00. The number of benzene rings is 1. The fraction of sp³-hybridized carbons (Fsp3) is 0.364. The van der Waals surface area contributed by atoms with Gasteiger partial charge in [-0.3, -0.25) is 0 Å². The van der Waals surface area contributed by atoms with E-state index in [1.165, 1.54) is 7.05 Å². The Hall–Kier alpha value is -2.35. The Bertz CT molecular complexity index is 424. The molecule has 8 heteroatoms. The molecule has 0 saturated heterocycles. The average Bonchev–Trinajstić information content (AvgIpc) is 2.44. The molecule has 1 aromatic rings. The molecule has 8 nitrogen and oxygen atoms in total. The smallest absolute Gasteiger partial charge is 0.341 e. The Balaban J connectivity index is 2.31. The van der Waals surface area contributed by atoms with Crippen molar-refractivity contribution in [1.29, 1.82) is 0 Å². The van der Waals surface area contributed by atoms with Gasteiger partial charge in [-0.1, -0.05) is 18.2 Å². The molecular weight excluding hydrogens is 254 g/mol. The van der Waals surface area contributed by atoms with E-state index in [1.807, 2.05) is 0 Å². The third-order valence-electron chi connectivity index (χ3n) is 2.10. The van der Waals surface area contributed by atoms with E-state index in [0.29, 0.717) is 5.56 Å². The lowest BCUT2D eigenvalue weighted by Gasteiger charge is -2.10. The lowest BCUT2D eigenvalue weighted by molar-refractivity contribution is -0.706. The second-order valence-corrected chi connectivity index (χ2v) is 3.48. The number of carbonyl (C=O) groups is 1. The third-order valence-corrected chi connectivity index (χ3v) is 2.10. The van der Waals surface area contributed by atoms with Crippen LogP contribution in [0.5, 0.6) is 0 Å². The number of hydrogen-bond donors (Lipinski definition) is 1. The first-order valence-corrected chi connectivity index (χ1v) is 5.49. The molecule has 0 unspecified atom stereocenters. The number of esters is 1. The Labute approximate surface area is 110 Å². The minimum absolute atomic E-state index is 0.111. The van der Waals surface area contributed by atoms with Crippen LogP contribution in [0.4, 0.5) is 0 Å². The quantitative estimate of drug-likeness (QED) is 0.194. The number of hydrogen-bond acceptors (Lipinski definition) is 6. The van der Waals surface area contributed by atoms with Crippen molar-refractivity contribution in [3.05, 3.63) is 41.1 Å². The fourth-order valence-corrected chi connectivity index (χ4v) is 1.10. The van der Waals surface area contributed by atoms with Gasteiger partial charge >= 0.3 is 5.97 Å². The van der Waals surface area contributed by atoms with Gasteiger partial charge in [0.15, 0.2) is 0 Å². The largest absolute Gasteiger partial charge is 0.569 e. The summed E-state index contributed by atoms with van der Waals surface area (Å²) in [5.74, 6) is -0.572. The fourth-order valence-electron chi connectivity index (χ4n) is 1.10. The first-order valence-electron chi connectivity index (χ1n) is 5.49. The van der Waals surface area contributed by atoms with Crippen LogP contribution in [-0.2, 0) is 9.57 Å². The van der Waals surface area contributed by atoms with Crippen LogP contribution in [0, 0.1) is 5.21 Å². The molecule has 1 aromatic carbocycles. The Kier molecular flexibility index (Phi) is 6.10. The molecule has 0 bridgehead atoms. The highest BCUT2D eigenvalue weighted by Gasteiger charge is 2.07. The van der Waals surface area contributed by atoms with Crippen LogP contribution >= 0.6 is 0 Å². The van der Waals surface area contributed by atoms with Gasteiger partial charge in [-0.15, -0.1) is 5.01 Å². The van der Waals surface area contributed by atoms with Gasteiger partial charge in [0.2, 0.25) is 5.28 Å². The van der Waals surface area contributed by atoms with Gasteiger partial charge in [0.05, 0.1) is 30.7 Å². The molecule has 0 aliphatic rings. The SMILES string of the molecule is CN(CCO)/[N+]([O-])=N\OCOC(=O)c1ccccc1. The van der Waals surface area contributed by atoms with Gasteiger partial charge in [0, 0.05) is 0 Å². The van der Waals surface area contributed by atoms with Crippen LogP contribution in [0.15, 0.2) is 35.6 Å². The summed E-state index contributed by atoms with van der Waals surface area (Å²) in [5.41, 5.74) is 0.377. The first kappa shape index (κ1) is 14.7. The van der Waals surface area contributed by atoms with Crippen molar-refractivity contribution in [3.8, 4) is 0 Å². The molecule has 0 saturated carbocycles. The maximum absolute atomic E-state index is 11.4. The number of aliphatic hydroxyl groups excluding tert-OH is 1. The third kappa shape index (κ3) is 5.21. The maximum Gasteiger partial charge on any atom is 0.341 e. The normalized spacial score (nSPS) is 10.9. The predicted molar refractivity (Wildman–Crippen MR) is 63.6 cm³/mol. The van der Waals surface area contributed by atoms with Crippen LogP contribution in [0.3, 0.4) is 0 Å². The summed E-state index contributed by atoms with van der Waals surface area (Å²) < 4.78 is 4.73. The zero-order valence-electron chi connectivity index (χ0n) is 10.4. The van der Waals surface area contributed by atoms with E-state index in [2.05, 4.69) is 10.1 Å². The topological polar surface area (TPSA) is 97.4 Å². The molecule has 0 atom stereocenters. The molecule has 0 heterocycles. The molecule has 0 radical (unpaired) electrons. The Morgan fingerprint density at radius 1 is 1.47 bits per heavy atom. The number of likely N-dealkylation sites (N-methyl/N-ethyl adjacent to an activating group) is 1. The van der Waals surface area contributed by atoms with E-state index in [0.717, 1.165) is 5.01 Å². The minimum atomic E-state index is -0.572. The van der Waals surface area contributed by atoms with Gasteiger partial charge in [0.25, 0.3) is 6.79 Å². The summed E-state index contributed by atoms with van der Waals surface area (Å²) in [5, 5.41) is 23.9. The molecule has 0 aliphatic carbocycles. The van der Waals surface area contributed by atoms with Gasteiger partial charge in [-0.25, -0.2) is 4.79 Å². The zero-order chi connectivity index (χ0) is 14.1.